The van der Waals surface area contributed by atoms with Crippen molar-refractivity contribution < 1.29 is 27.8 Å². The summed E-state index contributed by atoms with van der Waals surface area (Å²) in [5, 5.41) is 7.39. The number of methoxy groups -OCH3 is 1. The predicted octanol–water partition coefficient (Wildman–Crippen LogP) is 1.65. The number of morpholine rings is 1. The number of hydrogen-bond donors (Lipinski definition) is 2. The van der Waals surface area contributed by atoms with Gasteiger partial charge in [-0.1, -0.05) is 6.07 Å². The molecule has 0 aliphatic carbocycles. The quantitative estimate of drug-likeness (QED) is 0.381. The van der Waals surface area contributed by atoms with E-state index in [1.165, 1.54) is 30.7 Å². The maximum atomic E-state index is 12.9. The van der Waals surface area contributed by atoms with E-state index < -0.39 is 29.1 Å². The van der Waals surface area contributed by atoms with Crippen molar-refractivity contribution in [2.24, 2.45) is 0 Å². The van der Waals surface area contributed by atoms with Crippen LogP contribution in [0.5, 0.6) is 0 Å². The standard InChI is InChI=1S/C23H28N6O6S2/c1-14-9-28(10-15(2)35-14)20-6-4-5-17(24-20)19-13-36-23(26-19)27-22(31)18(12-34-3)25-21(30)16-7-8-29(11-16)37(32)33/h4-8,11,13-15,18H,9-10,12H2,1-3H3,(H,25,30)(H,32,33)(H,26,27,31)/p-1. The van der Waals surface area contributed by atoms with E-state index in [1.54, 1.807) is 5.38 Å². The van der Waals surface area contributed by atoms with E-state index in [4.69, 9.17) is 14.5 Å². The Kier molecular flexibility index (Phi) is 8.66. The van der Waals surface area contributed by atoms with Gasteiger partial charge in [-0.25, -0.2) is 9.97 Å². The number of rotatable bonds is 9. The van der Waals surface area contributed by atoms with Gasteiger partial charge in [-0.3, -0.25) is 17.8 Å². The summed E-state index contributed by atoms with van der Waals surface area (Å²) in [5.74, 6) is -0.314. The minimum atomic E-state index is -2.53. The number of aromatic nitrogens is 3. The zero-order valence-corrected chi connectivity index (χ0v) is 22.1. The molecule has 2 amide bonds. The second-order valence-electron chi connectivity index (χ2n) is 8.53. The van der Waals surface area contributed by atoms with Crippen LogP contribution in [-0.2, 0) is 25.5 Å². The number of carbonyl (C=O) groups is 2. The fraction of sp³-hybridized carbons (Fsp3) is 0.391. The lowest BCUT2D eigenvalue weighted by Crippen LogP contribution is -2.46. The van der Waals surface area contributed by atoms with Crippen LogP contribution < -0.4 is 15.5 Å². The summed E-state index contributed by atoms with van der Waals surface area (Å²) in [5.41, 5.74) is 1.36. The zero-order chi connectivity index (χ0) is 26.5. The Labute approximate surface area is 220 Å². The average Bonchev–Trinajstić information content (AvgIpc) is 3.54. The van der Waals surface area contributed by atoms with Crippen LogP contribution in [0.25, 0.3) is 11.4 Å². The van der Waals surface area contributed by atoms with Gasteiger partial charge in [-0.2, -0.15) is 0 Å². The minimum absolute atomic E-state index is 0.0876. The number of ether oxygens (including phenoxy) is 2. The van der Waals surface area contributed by atoms with Gasteiger partial charge in [-0.15, -0.1) is 11.3 Å². The van der Waals surface area contributed by atoms with Crippen molar-refractivity contribution in [1.29, 1.82) is 0 Å². The molecule has 4 rings (SSSR count). The zero-order valence-electron chi connectivity index (χ0n) is 20.4. The minimum Gasteiger partial charge on any atom is -0.755 e. The summed E-state index contributed by atoms with van der Waals surface area (Å²) in [7, 11) is 1.40. The van der Waals surface area contributed by atoms with Crippen LogP contribution in [0.2, 0.25) is 0 Å². The SMILES string of the molecule is COCC(NC(=O)c1ccn(S(=O)[O-])c1)C(=O)Nc1nc(-c2cccc(N3CC(C)OC(C)C3)n2)cs1. The first kappa shape index (κ1) is 26.9. The number of hydrogen-bond acceptors (Lipinski definition) is 10. The van der Waals surface area contributed by atoms with Crippen molar-refractivity contribution in [2.75, 3.05) is 37.0 Å². The molecule has 1 aliphatic heterocycles. The first-order valence-electron chi connectivity index (χ1n) is 11.4. The van der Waals surface area contributed by atoms with E-state index in [2.05, 4.69) is 20.5 Å². The van der Waals surface area contributed by atoms with Crippen LogP contribution in [0.4, 0.5) is 10.9 Å². The molecule has 0 spiro atoms. The van der Waals surface area contributed by atoms with Gasteiger partial charge in [0.05, 0.1) is 41.3 Å². The molecule has 3 aromatic rings. The molecule has 1 saturated heterocycles. The van der Waals surface area contributed by atoms with E-state index in [0.717, 1.165) is 29.1 Å². The largest absolute Gasteiger partial charge is 0.755 e. The van der Waals surface area contributed by atoms with E-state index >= 15 is 0 Å². The Morgan fingerprint density at radius 3 is 2.68 bits per heavy atom. The lowest BCUT2D eigenvalue weighted by molar-refractivity contribution is -0.119. The topological polar surface area (TPSA) is 151 Å². The summed E-state index contributed by atoms with van der Waals surface area (Å²) in [6.45, 7) is 5.46. The van der Waals surface area contributed by atoms with Crippen molar-refractivity contribution in [2.45, 2.75) is 32.1 Å². The molecular weight excluding hydrogens is 520 g/mol. The molecule has 1 aliphatic rings. The maximum absolute atomic E-state index is 12.9. The first-order chi connectivity index (χ1) is 17.7. The Morgan fingerprint density at radius 2 is 2.00 bits per heavy atom. The van der Waals surface area contributed by atoms with E-state index in [9.17, 15) is 18.4 Å². The molecule has 14 heteroatoms. The van der Waals surface area contributed by atoms with Crippen LogP contribution in [0.1, 0.15) is 24.2 Å². The second-order valence-corrected chi connectivity index (χ2v) is 10.2. The predicted molar refractivity (Wildman–Crippen MR) is 138 cm³/mol. The lowest BCUT2D eigenvalue weighted by atomic mass is 10.2. The van der Waals surface area contributed by atoms with Crippen LogP contribution in [0.3, 0.4) is 0 Å². The third kappa shape index (κ3) is 6.78. The van der Waals surface area contributed by atoms with E-state index in [-0.39, 0.29) is 24.4 Å². The first-order valence-corrected chi connectivity index (χ1v) is 13.4. The molecule has 4 unspecified atom stereocenters. The second kappa shape index (κ2) is 11.9. The van der Waals surface area contributed by atoms with Crippen molar-refractivity contribution in [3.8, 4) is 11.4 Å². The van der Waals surface area contributed by atoms with Gasteiger partial charge in [0.25, 0.3) is 11.8 Å². The summed E-state index contributed by atoms with van der Waals surface area (Å²) < 4.78 is 33.8. The van der Waals surface area contributed by atoms with Gasteiger partial charge < -0.3 is 29.6 Å². The highest BCUT2D eigenvalue weighted by Gasteiger charge is 2.25. The lowest BCUT2D eigenvalue weighted by Gasteiger charge is -2.36. The van der Waals surface area contributed by atoms with Crippen LogP contribution >= 0.6 is 11.3 Å². The molecule has 3 aromatic heterocycles. The molecule has 198 valence electrons. The number of pyridine rings is 1. The van der Waals surface area contributed by atoms with Gasteiger partial charge in [0, 0.05) is 38.0 Å². The van der Waals surface area contributed by atoms with Crippen molar-refractivity contribution in [1.82, 2.24) is 19.3 Å². The molecule has 4 atom stereocenters. The monoisotopic (exact) mass is 547 g/mol. The summed E-state index contributed by atoms with van der Waals surface area (Å²) in [4.78, 5) is 36.8. The number of thiazole rings is 1. The van der Waals surface area contributed by atoms with Gasteiger partial charge >= 0.3 is 0 Å². The molecule has 4 heterocycles. The number of nitrogens with zero attached hydrogens (tertiary/aromatic N) is 4. The summed E-state index contributed by atoms with van der Waals surface area (Å²) >= 11 is -1.30. The van der Waals surface area contributed by atoms with E-state index in [0.29, 0.717) is 16.5 Å². The average molecular weight is 548 g/mol. The van der Waals surface area contributed by atoms with Gasteiger partial charge in [0.15, 0.2) is 5.13 Å². The van der Waals surface area contributed by atoms with Crippen molar-refractivity contribution in [3.05, 3.63) is 47.6 Å². The van der Waals surface area contributed by atoms with Crippen molar-refractivity contribution in [3.63, 3.8) is 0 Å². The molecule has 2 N–H and O–H groups in total. The van der Waals surface area contributed by atoms with Gasteiger partial charge in [0.1, 0.15) is 17.6 Å². The van der Waals surface area contributed by atoms with Crippen LogP contribution in [0, 0.1) is 0 Å². The van der Waals surface area contributed by atoms with Gasteiger partial charge in [0.2, 0.25) is 0 Å². The molecule has 0 aromatic carbocycles. The highest BCUT2D eigenvalue weighted by atomic mass is 32.2. The Balaban J connectivity index is 1.42. The molecule has 0 radical (unpaired) electrons. The summed E-state index contributed by atoms with van der Waals surface area (Å²) in [6, 6.07) is 6.02. The Bertz CT molecular complexity index is 1270. The Morgan fingerprint density at radius 1 is 1.24 bits per heavy atom. The third-order valence-corrected chi connectivity index (χ3v) is 6.86. The number of amides is 2. The van der Waals surface area contributed by atoms with Crippen LogP contribution in [-0.4, -0.2) is 79.6 Å². The fourth-order valence-corrected chi connectivity index (χ4v) is 5.01. The normalized spacial score (nSPS) is 19.3. The molecule has 12 nitrogen and oxygen atoms in total. The van der Waals surface area contributed by atoms with Crippen LogP contribution in [0.15, 0.2) is 42.0 Å². The number of anilines is 2. The fourth-order valence-electron chi connectivity index (χ4n) is 3.94. The van der Waals surface area contributed by atoms with Gasteiger partial charge in [-0.05, 0) is 32.0 Å². The number of nitrogens with one attached hydrogen (secondary N) is 2. The molecule has 0 bridgehead atoms. The molecule has 37 heavy (non-hydrogen) atoms. The summed E-state index contributed by atoms with van der Waals surface area (Å²) in [6.07, 6.45) is 2.58. The highest BCUT2D eigenvalue weighted by Crippen LogP contribution is 2.26. The van der Waals surface area contributed by atoms with Crippen molar-refractivity contribution >= 4 is 45.4 Å². The Hall–Kier alpha value is -3.17. The maximum Gasteiger partial charge on any atom is 0.253 e. The third-order valence-electron chi connectivity index (χ3n) is 5.53. The highest BCUT2D eigenvalue weighted by molar-refractivity contribution is 7.77. The molecular formula is C23H27N6O6S2-. The smallest absolute Gasteiger partial charge is 0.253 e. The molecule has 0 saturated carbocycles. The molecule has 1 fully saturated rings. The van der Waals surface area contributed by atoms with E-state index in [1.807, 2.05) is 32.0 Å². The number of carbonyl (C=O) groups excluding carboxylic acids is 2.